The van der Waals surface area contributed by atoms with E-state index < -0.39 is 17.5 Å². The summed E-state index contributed by atoms with van der Waals surface area (Å²) in [7, 11) is 3.12. The second-order valence-electron chi connectivity index (χ2n) is 8.55. The summed E-state index contributed by atoms with van der Waals surface area (Å²) in [6, 6.07) is 20.8. The molecule has 0 spiro atoms. The first-order valence-electron chi connectivity index (χ1n) is 11.7. The summed E-state index contributed by atoms with van der Waals surface area (Å²) in [6.45, 7) is 0.845. The van der Waals surface area contributed by atoms with Gasteiger partial charge in [-0.1, -0.05) is 42.5 Å². The van der Waals surface area contributed by atoms with Crippen molar-refractivity contribution in [3.05, 3.63) is 95.3 Å². The van der Waals surface area contributed by atoms with Crippen molar-refractivity contribution >= 4 is 12.0 Å². The number of amides is 2. The lowest BCUT2D eigenvalue weighted by atomic mass is 9.84. The SMILES string of the molecule is COc1ccc(CNC(=O)OC2(c3ccccc3)CCN(C(=O)c3ccccc3F)CC2)c(OC)c1. The second kappa shape index (κ2) is 11.1. The number of likely N-dealkylation sites (tertiary alicyclic amines) is 1. The van der Waals surface area contributed by atoms with Crippen LogP contribution in [0.1, 0.15) is 34.3 Å². The van der Waals surface area contributed by atoms with Crippen LogP contribution in [0.5, 0.6) is 11.5 Å². The van der Waals surface area contributed by atoms with Crippen molar-refractivity contribution < 1.29 is 28.2 Å². The number of rotatable bonds is 7. The van der Waals surface area contributed by atoms with Crippen LogP contribution >= 0.6 is 0 Å². The van der Waals surface area contributed by atoms with Gasteiger partial charge in [-0.25, -0.2) is 9.18 Å². The van der Waals surface area contributed by atoms with E-state index in [1.54, 1.807) is 43.4 Å². The Hall–Kier alpha value is -4.07. The van der Waals surface area contributed by atoms with Crippen LogP contribution in [0, 0.1) is 5.82 Å². The van der Waals surface area contributed by atoms with Gasteiger partial charge in [-0.15, -0.1) is 0 Å². The van der Waals surface area contributed by atoms with E-state index in [9.17, 15) is 14.0 Å². The predicted molar refractivity (Wildman–Crippen MR) is 133 cm³/mol. The van der Waals surface area contributed by atoms with E-state index in [1.165, 1.54) is 12.1 Å². The summed E-state index contributed by atoms with van der Waals surface area (Å²) in [6.07, 6.45) is 0.193. The second-order valence-corrected chi connectivity index (χ2v) is 8.55. The van der Waals surface area contributed by atoms with Gasteiger partial charge in [0.15, 0.2) is 0 Å². The topological polar surface area (TPSA) is 77.1 Å². The summed E-state index contributed by atoms with van der Waals surface area (Å²) in [5.74, 6) is 0.322. The van der Waals surface area contributed by atoms with Crippen LogP contribution in [-0.4, -0.2) is 44.2 Å². The number of nitrogens with one attached hydrogen (secondary N) is 1. The molecule has 1 aliphatic heterocycles. The molecule has 0 radical (unpaired) electrons. The van der Waals surface area contributed by atoms with Crippen molar-refractivity contribution in [3.63, 3.8) is 0 Å². The molecular weight excluding hydrogens is 463 g/mol. The molecule has 8 heteroatoms. The molecule has 3 aromatic rings. The van der Waals surface area contributed by atoms with Crippen LogP contribution in [-0.2, 0) is 16.9 Å². The third-order valence-electron chi connectivity index (χ3n) is 6.47. The zero-order chi connectivity index (χ0) is 25.5. The maximum atomic E-state index is 14.2. The zero-order valence-corrected chi connectivity index (χ0v) is 20.3. The molecule has 1 saturated heterocycles. The highest BCUT2D eigenvalue weighted by atomic mass is 19.1. The monoisotopic (exact) mass is 492 g/mol. The van der Waals surface area contributed by atoms with Gasteiger partial charge in [-0.05, 0) is 29.8 Å². The molecule has 1 aliphatic rings. The first-order valence-corrected chi connectivity index (χ1v) is 11.7. The molecule has 2 amide bonds. The van der Waals surface area contributed by atoms with Crippen molar-refractivity contribution in [1.29, 1.82) is 0 Å². The number of piperidine rings is 1. The number of hydrogen-bond acceptors (Lipinski definition) is 5. The van der Waals surface area contributed by atoms with Crippen molar-refractivity contribution in [2.24, 2.45) is 0 Å². The third-order valence-corrected chi connectivity index (χ3v) is 6.47. The molecular formula is C28H29FN2O5. The molecule has 0 saturated carbocycles. The van der Waals surface area contributed by atoms with Gasteiger partial charge in [-0.2, -0.15) is 0 Å². The summed E-state index contributed by atoms with van der Waals surface area (Å²) in [4.78, 5) is 27.4. The van der Waals surface area contributed by atoms with E-state index in [2.05, 4.69) is 5.32 Å². The van der Waals surface area contributed by atoms with Gasteiger partial charge in [-0.3, -0.25) is 4.79 Å². The fourth-order valence-corrected chi connectivity index (χ4v) is 4.45. The number of benzene rings is 3. The Morgan fingerprint density at radius 1 is 0.944 bits per heavy atom. The van der Waals surface area contributed by atoms with E-state index in [0.29, 0.717) is 37.4 Å². The highest BCUT2D eigenvalue weighted by Crippen LogP contribution is 2.37. The van der Waals surface area contributed by atoms with Crippen LogP contribution in [0.4, 0.5) is 9.18 Å². The Morgan fingerprint density at radius 3 is 2.31 bits per heavy atom. The minimum Gasteiger partial charge on any atom is -0.497 e. The average Bonchev–Trinajstić information content (AvgIpc) is 2.92. The molecule has 0 atom stereocenters. The number of nitrogens with zero attached hydrogens (tertiary/aromatic N) is 1. The van der Waals surface area contributed by atoms with Crippen LogP contribution in [0.3, 0.4) is 0 Å². The average molecular weight is 493 g/mol. The van der Waals surface area contributed by atoms with Gasteiger partial charge in [0.2, 0.25) is 0 Å². The van der Waals surface area contributed by atoms with Gasteiger partial charge < -0.3 is 24.4 Å². The normalized spacial score (nSPS) is 14.6. The van der Waals surface area contributed by atoms with Crippen LogP contribution in [0.25, 0.3) is 0 Å². The van der Waals surface area contributed by atoms with E-state index >= 15 is 0 Å². The summed E-state index contributed by atoms with van der Waals surface area (Å²) in [5.41, 5.74) is 0.743. The number of hydrogen-bond donors (Lipinski definition) is 1. The van der Waals surface area contributed by atoms with Crippen LogP contribution in [0.15, 0.2) is 72.8 Å². The molecule has 0 bridgehead atoms. The molecule has 1 fully saturated rings. The molecule has 0 unspecified atom stereocenters. The number of alkyl carbamates (subject to hydrolysis) is 1. The fraction of sp³-hybridized carbons (Fsp3) is 0.286. The quantitative estimate of drug-likeness (QED) is 0.508. The van der Waals surface area contributed by atoms with E-state index in [0.717, 1.165) is 11.1 Å². The lowest BCUT2D eigenvalue weighted by Gasteiger charge is -2.41. The molecule has 36 heavy (non-hydrogen) atoms. The number of ether oxygens (including phenoxy) is 3. The molecule has 1 heterocycles. The zero-order valence-electron chi connectivity index (χ0n) is 20.3. The number of carbonyl (C=O) groups is 2. The van der Waals surface area contributed by atoms with Gasteiger partial charge in [0.1, 0.15) is 22.9 Å². The van der Waals surface area contributed by atoms with Gasteiger partial charge in [0, 0.05) is 44.1 Å². The maximum Gasteiger partial charge on any atom is 0.408 e. The molecule has 4 rings (SSSR count). The standard InChI is InChI=1S/C28H29FN2O5/c1-34-22-13-12-20(25(18-22)35-2)19-30-27(33)36-28(21-8-4-3-5-9-21)14-16-31(17-15-28)26(32)23-10-6-7-11-24(23)29/h3-13,18H,14-17,19H2,1-2H3,(H,30,33). The fourth-order valence-electron chi connectivity index (χ4n) is 4.45. The van der Waals surface area contributed by atoms with E-state index in [-0.39, 0.29) is 18.0 Å². The Kier molecular flexibility index (Phi) is 7.73. The summed E-state index contributed by atoms with van der Waals surface area (Å²) < 4.78 is 30.8. The first kappa shape index (κ1) is 25.0. The molecule has 0 aliphatic carbocycles. The molecule has 1 N–H and O–H groups in total. The smallest absolute Gasteiger partial charge is 0.408 e. The van der Waals surface area contributed by atoms with E-state index in [1.807, 2.05) is 36.4 Å². The summed E-state index contributed by atoms with van der Waals surface area (Å²) >= 11 is 0. The predicted octanol–water partition coefficient (Wildman–Crippen LogP) is 4.90. The van der Waals surface area contributed by atoms with Gasteiger partial charge in [0.25, 0.3) is 5.91 Å². The minimum atomic E-state index is -0.915. The lowest BCUT2D eigenvalue weighted by molar-refractivity contribution is -0.0359. The highest BCUT2D eigenvalue weighted by Gasteiger charge is 2.41. The highest BCUT2D eigenvalue weighted by molar-refractivity contribution is 5.94. The summed E-state index contributed by atoms with van der Waals surface area (Å²) in [5, 5.41) is 2.81. The van der Waals surface area contributed by atoms with Crippen molar-refractivity contribution in [1.82, 2.24) is 10.2 Å². The van der Waals surface area contributed by atoms with Crippen molar-refractivity contribution in [2.75, 3.05) is 27.3 Å². The van der Waals surface area contributed by atoms with Crippen molar-refractivity contribution in [3.8, 4) is 11.5 Å². The van der Waals surface area contributed by atoms with Crippen LogP contribution in [0.2, 0.25) is 0 Å². The number of halogens is 1. The van der Waals surface area contributed by atoms with Gasteiger partial charge >= 0.3 is 6.09 Å². The number of methoxy groups -OCH3 is 2. The minimum absolute atomic E-state index is 0.0387. The molecule has 188 valence electrons. The lowest BCUT2D eigenvalue weighted by Crippen LogP contribution is -2.48. The van der Waals surface area contributed by atoms with E-state index in [4.69, 9.17) is 14.2 Å². The Bertz CT molecular complexity index is 1210. The largest absolute Gasteiger partial charge is 0.497 e. The molecule has 3 aromatic carbocycles. The Labute approximate surface area is 209 Å². The van der Waals surface area contributed by atoms with Gasteiger partial charge in [0.05, 0.1) is 19.8 Å². The molecule has 0 aromatic heterocycles. The Balaban J connectivity index is 1.46. The Morgan fingerprint density at radius 2 is 1.64 bits per heavy atom. The third kappa shape index (κ3) is 5.43. The maximum absolute atomic E-state index is 14.2. The molecule has 7 nitrogen and oxygen atoms in total. The number of carbonyl (C=O) groups excluding carboxylic acids is 2. The van der Waals surface area contributed by atoms with Crippen LogP contribution < -0.4 is 14.8 Å². The first-order chi connectivity index (χ1) is 17.5. The van der Waals surface area contributed by atoms with Crippen molar-refractivity contribution in [2.45, 2.75) is 25.0 Å².